The predicted octanol–water partition coefficient (Wildman–Crippen LogP) is 2.56. The fraction of sp³-hybridized carbons (Fsp3) is 0.350. The molecule has 7 heteroatoms. The molecule has 1 aliphatic carbocycles. The van der Waals surface area contributed by atoms with Crippen molar-refractivity contribution in [3.8, 4) is 0 Å². The standard InChI is InChI=1S/C20H20N2O4S/c23-18(15-10-12-6-4-5-8-14(12)20(25)26-15)21-22-19(24)17-11-13-7-2-1-3-9-16(13)27-17/h4-6,8,11,15H,1-3,7,9-10H2,(H,21,23)(H,22,24). The molecule has 4 rings (SSSR count). The van der Waals surface area contributed by atoms with E-state index in [1.807, 2.05) is 12.1 Å². The number of esters is 1. The van der Waals surface area contributed by atoms with Gasteiger partial charge in [0.25, 0.3) is 11.8 Å². The number of amides is 2. The number of cyclic esters (lactones) is 1. The highest BCUT2D eigenvalue weighted by molar-refractivity contribution is 7.14. The van der Waals surface area contributed by atoms with Crippen LogP contribution in [0.2, 0.25) is 0 Å². The van der Waals surface area contributed by atoms with E-state index in [9.17, 15) is 14.4 Å². The maximum atomic E-state index is 12.4. The third kappa shape index (κ3) is 3.73. The summed E-state index contributed by atoms with van der Waals surface area (Å²) >= 11 is 1.49. The fourth-order valence-corrected chi connectivity index (χ4v) is 4.67. The molecule has 0 spiro atoms. The van der Waals surface area contributed by atoms with Gasteiger partial charge in [-0.3, -0.25) is 20.4 Å². The normalized spacial score (nSPS) is 18.5. The molecule has 1 aliphatic heterocycles. The fourth-order valence-electron chi connectivity index (χ4n) is 3.52. The van der Waals surface area contributed by atoms with Crippen LogP contribution in [-0.2, 0) is 28.8 Å². The molecule has 1 atom stereocenters. The maximum absolute atomic E-state index is 12.4. The number of rotatable bonds is 2. The Kier molecular flexibility index (Phi) is 4.94. The van der Waals surface area contributed by atoms with Crippen molar-refractivity contribution in [2.45, 2.75) is 44.6 Å². The van der Waals surface area contributed by atoms with Gasteiger partial charge in [-0.25, -0.2) is 4.79 Å². The van der Waals surface area contributed by atoms with Gasteiger partial charge in [-0.15, -0.1) is 11.3 Å². The zero-order chi connectivity index (χ0) is 18.8. The van der Waals surface area contributed by atoms with Crippen LogP contribution in [0.15, 0.2) is 30.3 Å². The van der Waals surface area contributed by atoms with Gasteiger partial charge in [0.2, 0.25) is 0 Å². The number of carbonyl (C=O) groups excluding carboxylic acids is 3. The van der Waals surface area contributed by atoms with Crippen molar-refractivity contribution in [2.24, 2.45) is 0 Å². The minimum Gasteiger partial charge on any atom is -0.448 e. The minimum absolute atomic E-state index is 0.289. The van der Waals surface area contributed by atoms with Crippen LogP contribution in [0.5, 0.6) is 0 Å². The zero-order valence-electron chi connectivity index (χ0n) is 14.7. The topological polar surface area (TPSA) is 84.5 Å². The number of carbonyl (C=O) groups is 3. The molecule has 0 radical (unpaired) electrons. The van der Waals surface area contributed by atoms with E-state index in [1.165, 1.54) is 28.2 Å². The summed E-state index contributed by atoms with van der Waals surface area (Å²) in [5.41, 5.74) is 7.31. The second kappa shape index (κ2) is 7.52. The number of benzene rings is 1. The van der Waals surface area contributed by atoms with Gasteiger partial charge >= 0.3 is 5.97 Å². The van der Waals surface area contributed by atoms with Gasteiger partial charge in [-0.05, 0) is 48.9 Å². The molecule has 0 fully saturated rings. The first-order chi connectivity index (χ1) is 13.1. The van der Waals surface area contributed by atoms with Crippen LogP contribution in [-0.4, -0.2) is 23.9 Å². The summed E-state index contributed by atoms with van der Waals surface area (Å²) in [6, 6.07) is 8.96. The van der Waals surface area contributed by atoms with E-state index >= 15 is 0 Å². The van der Waals surface area contributed by atoms with E-state index in [2.05, 4.69) is 10.9 Å². The number of hydrazine groups is 1. The highest BCUT2D eigenvalue weighted by atomic mass is 32.1. The first-order valence-electron chi connectivity index (χ1n) is 9.12. The molecular formula is C20H20N2O4S. The summed E-state index contributed by atoms with van der Waals surface area (Å²) in [5, 5.41) is 0. The Bertz CT molecular complexity index is 882. The highest BCUT2D eigenvalue weighted by Crippen LogP contribution is 2.28. The van der Waals surface area contributed by atoms with E-state index in [4.69, 9.17) is 4.74 Å². The molecule has 2 N–H and O–H groups in total. The number of hydrogen-bond donors (Lipinski definition) is 2. The third-order valence-corrected chi connectivity index (χ3v) is 6.19. The SMILES string of the molecule is O=C(NNC(=O)C1Cc2ccccc2C(=O)O1)c1cc2c(s1)CCCCC2. The molecule has 2 heterocycles. The van der Waals surface area contributed by atoms with Crippen LogP contribution in [0.4, 0.5) is 0 Å². The van der Waals surface area contributed by atoms with Gasteiger partial charge in [-0.2, -0.15) is 0 Å². The average molecular weight is 384 g/mol. The lowest BCUT2D eigenvalue weighted by molar-refractivity contribution is -0.131. The number of aryl methyl sites for hydroxylation is 2. The van der Waals surface area contributed by atoms with E-state index < -0.39 is 18.0 Å². The zero-order valence-corrected chi connectivity index (χ0v) is 15.6. The summed E-state index contributed by atoms with van der Waals surface area (Å²) < 4.78 is 5.19. The number of thiophene rings is 1. The minimum atomic E-state index is -0.951. The molecule has 2 amide bonds. The van der Waals surface area contributed by atoms with Gasteiger partial charge in [0.15, 0.2) is 6.10 Å². The van der Waals surface area contributed by atoms with Crippen molar-refractivity contribution in [2.75, 3.05) is 0 Å². The molecule has 2 aliphatic rings. The number of ether oxygens (including phenoxy) is 1. The van der Waals surface area contributed by atoms with Crippen molar-refractivity contribution >= 4 is 29.1 Å². The lowest BCUT2D eigenvalue weighted by atomic mass is 9.98. The molecule has 2 aromatic rings. The Labute approximate surface area is 160 Å². The smallest absolute Gasteiger partial charge is 0.339 e. The molecule has 6 nitrogen and oxygen atoms in total. The van der Waals surface area contributed by atoms with Crippen molar-refractivity contribution in [1.82, 2.24) is 10.9 Å². The van der Waals surface area contributed by atoms with E-state index in [0.717, 1.165) is 31.2 Å². The monoisotopic (exact) mass is 384 g/mol. The van der Waals surface area contributed by atoms with Gasteiger partial charge in [0, 0.05) is 11.3 Å². The first-order valence-corrected chi connectivity index (χ1v) is 9.94. The summed E-state index contributed by atoms with van der Waals surface area (Å²) in [6.07, 6.45) is 4.88. The molecule has 0 saturated heterocycles. The van der Waals surface area contributed by atoms with Crippen LogP contribution in [0.3, 0.4) is 0 Å². The molecule has 140 valence electrons. The van der Waals surface area contributed by atoms with Gasteiger partial charge in [-0.1, -0.05) is 24.6 Å². The van der Waals surface area contributed by atoms with Gasteiger partial charge in [0.05, 0.1) is 10.4 Å². The third-order valence-electron chi connectivity index (χ3n) is 4.95. The quantitative estimate of drug-likeness (QED) is 0.473. The van der Waals surface area contributed by atoms with Crippen molar-refractivity contribution in [3.05, 3.63) is 56.8 Å². The van der Waals surface area contributed by atoms with Gasteiger partial charge < -0.3 is 4.74 Å². The Morgan fingerprint density at radius 2 is 1.85 bits per heavy atom. The Balaban J connectivity index is 1.37. The first kappa shape index (κ1) is 17.7. The summed E-state index contributed by atoms with van der Waals surface area (Å²) in [6.45, 7) is 0. The van der Waals surface area contributed by atoms with Crippen LogP contribution in [0.25, 0.3) is 0 Å². The summed E-state index contributed by atoms with van der Waals surface area (Å²) in [7, 11) is 0. The molecule has 1 aromatic heterocycles. The van der Waals surface area contributed by atoms with Crippen molar-refractivity contribution < 1.29 is 19.1 Å². The second-order valence-electron chi connectivity index (χ2n) is 6.82. The number of hydrogen-bond acceptors (Lipinski definition) is 5. The van der Waals surface area contributed by atoms with Crippen LogP contribution < -0.4 is 10.9 Å². The Morgan fingerprint density at radius 1 is 1.04 bits per heavy atom. The molecule has 1 unspecified atom stereocenters. The lowest BCUT2D eigenvalue weighted by Gasteiger charge is -2.23. The summed E-state index contributed by atoms with van der Waals surface area (Å²) in [5.74, 6) is -1.40. The number of fused-ring (bicyclic) bond motifs is 2. The molecular weight excluding hydrogens is 364 g/mol. The van der Waals surface area contributed by atoms with Crippen molar-refractivity contribution in [1.29, 1.82) is 0 Å². The molecule has 0 bridgehead atoms. The van der Waals surface area contributed by atoms with E-state index in [-0.39, 0.29) is 12.3 Å². The van der Waals surface area contributed by atoms with Crippen LogP contribution >= 0.6 is 11.3 Å². The summed E-state index contributed by atoms with van der Waals surface area (Å²) in [4.78, 5) is 38.6. The predicted molar refractivity (Wildman–Crippen MR) is 101 cm³/mol. The largest absolute Gasteiger partial charge is 0.448 e. The van der Waals surface area contributed by atoms with Crippen LogP contribution in [0, 0.1) is 0 Å². The molecule has 0 saturated carbocycles. The van der Waals surface area contributed by atoms with E-state index in [0.29, 0.717) is 10.4 Å². The maximum Gasteiger partial charge on any atom is 0.339 e. The Hall–Kier alpha value is -2.67. The average Bonchev–Trinajstić information content (AvgIpc) is 2.96. The molecule has 1 aromatic carbocycles. The highest BCUT2D eigenvalue weighted by Gasteiger charge is 2.31. The second-order valence-corrected chi connectivity index (χ2v) is 7.96. The Morgan fingerprint density at radius 3 is 2.74 bits per heavy atom. The van der Waals surface area contributed by atoms with E-state index in [1.54, 1.807) is 18.2 Å². The number of nitrogens with one attached hydrogen (secondary N) is 2. The lowest BCUT2D eigenvalue weighted by Crippen LogP contribution is -2.49. The van der Waals surface area contributed by atoms with Crippen LogP contribution in [0.1, 0.15) is 55.3 Å². The van der Waals surface area contributed by atoms with Crippen molar-refractivity contribution in [3.63, 3.8) is 0 Å². The van der Waals surface area contributed by atoms with Gasteiger partial charge in [0.1, 0.15) is 0 Å². The molecule has 27 heavy (non-hydrogen) atoms.